The Morgan fingerprint density at radius 3 is 2.72 bits per heavy atom. The van der Waals surface area contributed by atoms with Crippen molar-refractivity contribution < 1.29 is 14.7 Å². The number of nitrogens with one attached hydrogen (secondary N) is 1. The molecule has 0 saturated heterocycles. The predicted molar refractivity (Wildman–Crippen MR) is 63.8 cm³/mol. The molecule has 1 aromatic rings. The third kappa shape index (κ3) is 2.23. The van der Waals surface area contributed by atoms with Gasteiger partial charge in [-0.05, 0) is 18.9 Å². The van der Waals surface area contributed by atoms with Crippen LogP contribution >= 0.6 is 0 Å². The van der Waals surface area contributed by atoms with Crippen molar-refractivity contribution in [2.45, 2.75) is 25.7 Å². The topological polar surface area (TPSA) is 84.2 Å². The molecule has 0 radical (unpaired) electrons. The lowest BCUT2D eigenvalue weighted by molar-refractivity contribution is -0.162. The van der Waals surface area contributed by atoms with Gasteiger partial charge in [-0.3, -0.25) is 14.3 Å². The van der Waals surface area contributed by atoms with E-state index in [4.69, 9.17) is 5.11 Å². The first-order chi connectivity index (χ1) is 8.54. The van der Waals surface area contributed by atoms with Crippen molar-refractivity contribution in [3.8, 4) is 0 Å². The van der Waals surface area contributed by atoms with Gasteiger partial charge in [0.1, 0.15) is 5.41 Å². The average molecular weight is 251 g/mol. The van der Waals surface area contributed by atoms with Crippen LogP contribution in [0.2, 0.25) is 0 Å². The third-order valence-corrected chi connectivity index (χ3v) is 3.49. The molecule has 1 aliphatic rings. The second kappa shape index (κ2) is 4.80. The standard InChI is InChI=1S/C12H17N3O3/c1-15-8-4-9(14-15)3-7-13-10(16)12(11(17)18)5-2-6-12/h4,8H,2-3,5-7H2,1H3,(H,13,16)(H,17,18). The molecule has 1 amide bonds. The normalized spacial score (nSPS) is 16.9. The van der Waals surface area contributed by atoms with Crippen molar-refractivity contribution in [1.82, 2.24) is 15.1 Å². The summed E-state index contributed by atoms with van der Waals surface area (Å²) in [6.07, 6.45) is 4.14. The van der Waals surface area contributed by atoms with Crippen LogP contribution in [0.5, 0.6) is 0 Å². The Bertz CT molecular complexity index is 463. The van der Waals surface area contributed by atoms with Gasteiger partial charge >= 0.3 is 5.97 Å². The molecule has 1 heterocycles. The van der Waals surface area contributed by atoms with Crippen molar-refractivity contribution in [2.75, 3.05) is 6.54 Å². The second-order valence-electron chi connectivity index (χ2n) is 4.73. The maximum Gasteiger partial charge on any atom is 0.319 e. The number of aliphatic carboxylic acids is 1. The molecule has 6 heteroatoms. The maximum absolute atomic E-state index is 11.9. The summed E-state index contributed by atoms with van der Waals surface area (Å²) in [7, 11) is 1.83. The van der Waals surface area contributed by atoms with Crippen LogP contribution < -0.4 is 5.32 Å². The monoisotopic (exact) mass is 251 g/mol. The van der Waals surface area contributed by atoms with Crippen molar-refractivity contribution in [3.63, 3.8) is 0 Å². The van der Waals surface area contributed by atoms with Crippen molar-refractivity contribution in [2.24, 2.45) is 12.5 Å². The molecule has 0 spiro atoms. The zero-order valence-electron chi connectivity index (χ0n) is 10.3. The van der Waals surface area contributed by atoms with Crippen molar-refractivity contribution in [1.29, 1.82) is 0 Å². The average Bonchev–Trinajstić information content (AvgIpc) is 2.61. The smallest absolute Gasteiger partial charge is 0.319 e. The summed E-state index contributed by atoms with van der Waals surface area (Å²) in [5, 5.41) is 16.0. The van der Waals surface area contributed by atoms with E-state index in [1.165, 1.54) is 0 Å². The number of amides is 1. The highest BCUT2D eigenvalue weighted by atomic mass is 16.4. The van der Waals surface area contributed by atoms with Gasteiger partial charge in [0.05, 0.1) is 5.69 Å². The van der Waals surface area contributed by atoms with Gasteiger partial charge in [-0.1, -0.05) is 6.42 Å². The second-order valence-corrected chi connectivity index (χ2v) is 4.73. The van der Waals surface area contributed by atoms with Gasteiger partial charge in [0, 0.05) is 26.2 Å². The summed E-state index contributed by atoms with van der Waals surface area (Å²) in [5.41, 5.74) is -0.291. The minimum atomic E-state index is -1.18. The van der Waals surface area contributed by atoms with Crippen molar-refractivity contribution >= 4 is 11.9 Å². The molecule has 0 bridgehead atoms. The van der Waals surface area contributed by atoms with Gasteiger partial charge in [-0.15, -0.1) is 0 Å². The van der Waals surface area contributed by atoms with Gasteiger partial charge in [-0.25, -0.2) is 0 Å². The van der Waals surface area contributed by atoms with Crippen LogP contribution in [0.3, 0.4) is 0 Å². The highest BCUT2D eigenvalue weighted by Gasteiger charge is 2.50. The van der Waals surface area contributed by atoms with E-state index in [2.05, 4.69) is 10.4 Å². The predicted octanol–water partition coefficient (Wildman–Crippen LogP) is 0.334. The van der Waals surface area contributed by atoms with Crippen LogP contribution in [0.1, 0.15) is 25.0 Å². The third-order valence-electron chi connectivity index (χ3n) is 3.49. The van der Waals surface area contributed by atoms with Crippen LogP contribution in [0.4, 0.5) is 0 Å². The quantitative estimate of drug-likeness (QED) is 0.739. The molecule has 1 fully saturated rings. The molecule has 0 aliphatic heterocycles. The van der Waals surface area contributed by atoms with E-state index in [1.807, 2.05) is 19.3 Å². The molecule has 0 aromatic carbocycles. The number of rotatable bonds is 5. The molecule has 1 aromatic heterocycles. The number of hydrogen-bond donors (Lipinski definition) is 2. The first kappa shape index (κ1) is 12.6. The fraction of sp³-hybridized carbons (Fsp3) is 0.583. The summed E-state index contributed by atoms with van der Waals surface area (Å²) in [6, 6.07) is 1.88. The lowest BCUT2D eigenvalue weighted by Crippen LogP contribution is -2.51. The summed E-state index contributed by atoms with van der Waals surface area (Å²) in [6.45, 7) is 0.422. The van der Waals surface area contributed by atoms with Crippen LogP contribution in [-0.4, -0.2) is 33.3 Å². The summed E-state index contributed by atoms with van der Waals surface area (Å²) < 4.78 is 1.70. The molecule has 1 aliphatic carbocycles. The van der Waals surface area contributed by atoms with E-state index in [1.54, 1.807) is 4.68 Å². The van der Waals surface area contributed by atoms with Gasteiger partial charge in [-0.2, -0.15) is 5.10 Å². The van der Waals surface area contributed by atoms with Gasteiger partial charge in [0.25, 0.3) is 0 Å². The Hall–Kier alpha value is -1.85. The largest absolute Gasteiger partial charge is 0.480 e. The minimum Gasteiger partial charge on any atom is -0.480 e. The molecular formula is C12H17N3O3. The molecule has 6 nitrogen and oxygen atoms in total. The van der Waals surface area contributed by atoms with Crippen LogP contribution in [0.25, 0.3) is 0 Å². The Morgan fingerprint density at radius 1 is 1.56 bits per heavy atom. The first-order valence-electron chi connectivity index (χ1n) is 6.05. The Labute approximate surface area is 105 Å². The highest BCUT2D eigenvalue weighted by molar-refractivity contribution is 6.02. The van der Waals surface area contributed by atoms with Crippen LogP contribution in [0, 0.1) is 5.41 Å². The van der Waals surface area contributed by atoms with E-state index < -0.39 is 11.4 Å². The SMILES string of the molecule is Cn1ccc(CCNC(=O)C2(C(=O)O)CCC2)n1. The van der Waals surface area contributed by atoms with Crippen LogP contribution in [-0.2, 0) is 23.1 Å². The number of carboxylic acid groups (broad SMARTS) is 1. The molecule has 0 unspecified atom stereocenters. The van der Waals surface area contributed by atoms with Gasteiger partial charge in [0.2, 0.25) is 5.91 Å². The number of aryl methyl sites for hydroxylation is 1. The van der Waals surface area contributed by atoms with E-state index in [9.17, 15) is 9.59 Å². The molecule has 98 valence electrons. The molecule has 1 saturated carbocycles. The summed E-state index contributed by atoms with van der Waals surface area (Å²) in [5.74, 6) is -1.37. The lowest BCUT2D eigenvalue weighted by atomic mass is 9.68. The van der Waals surface area contributed by atoms with Crippen LogP contribution in [0.15, 0.2) is 12.3 Å². The molecule has 0 atom stereocenters. The molecule has 2 rings (SSSR count). The number of nitrogens with zero attached hydrogens (tertiary/aromatic N) is 2. The van der Waals surface area contributed by atoms with E-state index >= 15 is 0 Å². The number of aromatic nitrogens is 2. The molecule has 2 N–H and O–H groups in total. The lowest BCUT2D eigenvalue weighted by Gasteiger charge is -2.35. The van der Waals surface area contributed by atoms with E-state index in [0.29, 0.717) is 25.8 Å². The van der Waals surface area contributed by atoms with Gasteiger partial charge in [0.15, 0.2) is 0 Å². The first-order valence-corrected chi connectivity index (χ1v) is 6.05. The number of hydrogen-bond acceptors (Lipinski definition) is 3. The van der Waals surface area contributed by atoms with Crippen molar-refractivity contribution in [3.05, 3.63) is 18.0 Å². The van der Waals surface area contributed by atoms with E-state index in [-0.39, 0.29) is 5.91 Å². The van der Waals surface area contributed by atoms with Gasteiger partial charge < -0.3 is 10.4 Å². The minimum absolute atomic E-state index is 0.364. The highest BCUT2D eigenvalue weighted by Crippen LogP contribution is 2.41. The van der Waals surface area contributed by atoms with E-state index in [0.717, 1.165) is 12.1 Å². The Kier molecular flexibility index (Phi) is 3.36. The number of carboxylic acids is 1. The number of carbonyl (C=O) groups is 2. The fourth-order valence-electron chi connectivity index (χ4n) is 2.14. The molecule has 18 heavy (non-hydrogen) atoms. The zero-order chi connectivity index (χ0) is 13.2. The Morgan fingerprint density at radius 2 is 2.28 bits per heavy atom. The maximum atomic E-state index is 11.9. The zero-order valence-corrected chi connectivity index (χ0v) is 10.3. The fourth-order valence-corrected chi connectivity index (χ4v) is 2.14. The number of carbonyl (C=O) groups excluding carboxylic acids is 1. The molecular weight excluding hydrogens is 234 g/mol. The summed E-state index contributed by atoms with van der Waals surface area (Å²) in [4.78, 5) is 23.0. The summed E-state index contributed by atoms with van der Waals surface area (Å²) >= 11 is 0. The Balaban J connectivity index is 1.83.